The topological polar surface area (TPSA) is 9.23 Å². The van der Waals surface area contributed by atoms with Crippen LogP contribution in [-0.4, -0.2) is 23.2 Å². The van der Waals surface area contributed by atoms with Crippen LogP contribution in [0.1, 0.15) is 8.35 Å². The van der Waals surface area contributed by atoms with E-state index in [0.717, 1.165) is 6.61 Å². The van der Waals surface area contributed by atoms with Crippen molar-refractivity contribution in [3.8, 4) is 0 Å². The van der Waals surface area contributed by atoms with Gasteiger partial charge in [-0.1, -0.05) is 0 Å². The SMILES string of the molecule is CC[O][Al].[H-].[Li+]. The average molecular weight is 80.0 g/mol. The largest absolute Gasteiger partial charge is 1.00 e. The van der Waals surface area contributed by atoms with Gasteiger partial charge in [0, 0.05) is 6.61 Å². The third kappa shape index (κ3) is 11.1. The molecule has 0 aromatic heterocycles. The van der Waals surface area contributed by atoms with Crippen LogP contribution in [0.25, 0.3) is 0 Å². The Morgan fingerprint density at radius 3 is 2.20 bits per heavy atom. The van der Waals surface area contributed by atoms with Gasteiger partial charge >= 0.3 is 35.5 Å². The summed E-state index contributed by atoms with van der Waals surface area (Å²) in [7, 11) is 0. The summed E-state index contributed by atoms with van der Waals surface area (Å²) in [5, 5.41) is 0. The Labute approximate surface area is 54.5 Å². The van der Waals surface area contributed by atoms with E-state index in [4.69, 9.17) is 0 Å². The van der Waals surface area contributed by atoms with E-state index < -0.39 is 0 Å². The molecule has 2 radical (unpaired) electrons. The molecule has 0 aromatic carbocycles. The molecule has 0 bridgehead atoms. The van der Waals surface area contributed by atoms with Crippen LogP contribution in [-0.2, 0) is 3.79 Å². The van der Waals surface area contributed by atoms with Crippen LogP contribution in [0.15, 0.2) is 0 Å². The smallest absolute Gasteiger partial charge is 1.00 e. The zero-order valence-corrected chi connectivity index (χ0v) is 4.85. The zero-order chi connectivity index (χ0) is 3.41. The van der Waals surface area contributed by atoms with Gasteiger partial charge in [0.2, 0.25) is 0 Å². The van der Waals surface area contributed by atoms with Crippen molar-refractivity contribution in [2.45, 2.75) is 6.92 Å². The van der Waals surface area contributed by atoms with Crippen molar-refractivity contribution in [1.29, 1.82) is 0 Å². The summed E-state index contributed by atoms with van der Waals surface area (Å²) >= 11 is 2.16. The Morgan fingerprint density at radius 1 is 2.00 bits per heavy atom. The Kier molecular flexibility index (Phi) is 16.8. The van der Waals surface area contributed by atoms with Crippen LogP contribution in [0.2, 0.25) is 0 Å². The molecule has 24 valence electrons. The zero-order valence-electron chi connectivity index (χ0n) is 4.69. The predicted molar refractivity (Wildman–Crippen MR) is 18.5 cm³/mol. The Bertz CT molecular complexity index is 15.5. The molecule has 0 aliphatic carbocycles. The summed E-state index contributed by atoms with van der Waals surface area (Å²) in [6.07, 6.45) is 0. The van der Waals surface area contributed by atoms with Gasteiger partial charge in [0.25, 0.3) is 0 Å². The normalized spacial score (nSPS) is 5.80. The van der Waals surface area contributed by atoms with Gasteiger partial charge in [-0.05, 0) is 6.92 Å². The monoisotopic (exact) mass is 80.0 g/mol. The molecular formula is C2H6AlLiO. The predicted octanol–water partition coefficient (Wildman–Crippen LogP) is -2.78. The third-order valence-corrected chi connectivity index (χ3v) is 0.500. The molecule has 3 heteroatoms. The van der Waals surface area contributed by atoms with Crippen LogP contribution in [0.3, 0.4) is 0 Å². The standard InChI is InChI=1S/C2H5O.Al.Li.H/c1-2-3;;;/h2H2,1H3;;;/q-1;2*+1;-1. The quantitative estimate of drug-likeness (QED) is 0.310. The number of hydrogen-bond donors (Lipinski definition) is 0. The van der Waals surface area contributed by atoms with Crippen molar-refractivity contribution in [3.05, 3.63) is 0 Å². The summed E-state index contributed by atoms with van der Waals surface area (Å²) < 4.78 is 4.46. The summed E-state index contributed by atoms with van der Waals surface area (Å²) in [6, 6.07) is 0. The molecule has 0 rings (SSSR count). The summed E-state index contributed by atoms with van der Waals surface area (Å²) in [4.78, 5) is 0. The molecular weight excluding hydrogens is 73.9 g/mol. The summed E-state index contributed by atoms with van der Waals surface area (Å²) in [5.74, 6) is 0. The van der Waals surface area contributed by atoms with Crippen LogP contribution >= 0.6 is 0 Å². The van der Waals surface area contributed by atoms with Crippen LogP contribution in [0.5, 0.6) is 0 Å². The van der Waals surface area contributed by atoms with Crippen molar-refractivity contribution >= 4 is 16.6 Å². The first kappa shape index (κ1) is 9.43. The molecule has 0 aliphatic heterocycles. The molecule has 5 heavy (non-hydrogen) atoms. The number of rotatable bonds is 1. The molecule has 0 saturated heterocycles. The van der Waals surface area contributed by atoms with Crippen LogP contribution < -0.4 is 18.9 Å². The molecule has 0 spiro atoms. The fraction of sp³-hybridized carbons (Fsp3) is 1.00. The van der Waals surface area contributed by atoms with E-state index in [1.807, 2.05) is 6.92 Å². The van der Waals surface area contributed by atoms with Crippen molar-refractivity contribution < 1.29 is 24.1 Å². The van der Waals surface area contributed by atoms with E-state index in [-0.39, 0.29) is 20.3 Å². The maximum absolute atomic E-state index is 4.46. The molecule has 0 N–H and O–H groups in total. The first-order valence-electron chi connectivity index (χ1n) is 1.23. The first-order chi connectivity index (χ1) is 1.91. The van der Waals surface area contributed by atoms with E-state index in [0.29, 0.717) is 0 Å². The van der Waals surface area contributed by atoms with E-state index in [2.05, 4.69) is 20.4 Å². The summed E-state index contributed by atoms with van der Waals surface area (Å²) in [5.41, 5.74) is 0. The van der Waals surface area contributed by atoms with Crippen molar-refractivity contribution in [2.75, 3.05) is 6.61 Å². The van der Waals surface area contributed by atoms with Gasteiger partial charge in [0.15, 0.2) is 0 Å². The van der Waals surface area contributed by atoms with E-state index in [1.165, 1.54) is 0 Å². The molecule has 0 aromatic rings. The second-order valence-electron chi connectivity index (χ2n) is 0.455. The minimum absolute atomic E-state index is 0. The van der Waals surface area contributed by atoms with Crippen molar-refractivity contribution in [2.24, 2.45) is 0 Å². The molecule has 0 aliphatic rings. The second kappa shape index (κ2) is 8.92. The molecule has 0 unspecified atom stereocenters. The van der Waals surface area contributed by atoms with Gasteiger partial charge in [-0.15, -0.1) is 0 Å². The minimum Gasteiger partial charge on any atom is -1.00 e. The second-order valence-corrected chi connectivity index (χ2v) is 0.789. The summed E-state index contributed by atoms with van der Waals surface area (Å²) in [6.45, 7) is 2.72. The maximum atomic E-state index is 4.46. The minimum atomic E-state index is 0. The maximum Gasteiger partial charge on any atom is 1.00 e. The molecule has 0 amide bonds. The first-order valence-corrected chi connectivity index (χ1v) is 1.70. The molecule has 1 nitrogen and oxygen atoms in total. The van der Waals surface area contributed by atoms with Crippen LogP contribution in [0, 0.1) is 0 Å². The third-order valence-electron chi connectivity index (χ3n) is 0.167. The number of hydrogen-bond acceptors (Lipinski definition) is 1. The molecule has 0 saturated carbocycles. The van der Waals surface area contributed by atoms with E-state index in [1.54, 1.807) is 0 Å². The Morgan fingerprint density at radius 2 is 2.20 bits per heavy atom. The van der Waals surface area contributed by atoms with Gasteiger partial charge in [0.1, 0.15) is 0 Å². The molecule has 0 atom stereocenters. The van der Waals surface area contributed by atoms with E-state index >= 15 is 0 Å². The van der Waals surface area contributed by atoms with Gasteiger partial charge < -0.3 is 5.22 Å². The molecule has 0 fully saturated rings. The fourth-order valence-electron chi connectivity index (χ4n) is 0. The van der Waals surface area contributed by atoms with Crippen molar-refractivity contribution in [1.82, 2.24) is 0 Å². The average Bonchev–Trinajstić information content (AvgIpc) is 1.37. The Balaban J connectivity index is -0.0000000450. The van der Waals surface area contributed by atoms with E-state index in [9.17, 15) is 0 Å². The van der Waals surface area contributed by atoms with Gasteiger partial charge in [0.05, 0.1) is 0 Å². The van der Waals surface area contributed by atoms with Gasteiger partial charge in [-0.25, -0.2) is 0 Å². The Hall–Kier alpha value is 1.09. The van der Waals surface area contributed by atoms with Crippen molar-refractivity contribution in [3.63, 3.8) is 0 Å². The van der Waals surface area contributed by atoms with Gasteiger partial charge in [-0.3, -0.25) is 0 Å². The van der Waals surface area contributed by atoms with Gasteiger partial charge in [-0.2, -0.15) is 0 Å². The van der Waals surface area contributed by atoms with Crippen LogP contribution in [0.4, 0.5) is 0 Å². The molecule has 0 heterocycles. The fourth-order valence-corrected chi connectivity index (χ4v) is 0.